The van der Waals surface area contributed by atoms with E-state index in [1.807, 2.05) is 57.5 Å². The van der Waals surface area contributed by atoms with Crippen LogP contribution in [0, 0.1) is 25.2 Å². The van der Waals surface area contributed by atoms with Crippen molar-refractivity contribution in [2.24, 2.45) is 5.92 Å². The topological polar surface area (TPSA) is 118 Å². The molecule has 1 fully saturated rings. The quantitative estimate of drug-likeness (QED) is 0.401. The number of carbonyl (C=O) groups is 2. The van der Waals surface area contributed by atoms with E-state index in [1.54, 1.807) is 17.4 Å². The molecule has 200 valence electrons. The summed E-state index contributed by atoms with van der Waals surface area (Å²) in [6.07, 6.45) is 4.58. The molecule has 1 unspecified atom stereocenters. The molecule has 0 aliphatic carbocycles. The highest BCUT2D eigenvalue weighted by Gasteiger charge is 2.43. The maximum absolute atomic E-state index is 13.7. The Labute approximate surface area is 226 Å². The molecule has 4 rings (SSSR count). The van der Waals surface area contributed by atoms with Gasteiger partial charge in [0.1, 0.15) is 12.0 Å². The van der Waals surface area contributed by atoms with Crippen LogP contribution in [0.4, 0.5) is 0 Å². The highest BCUT2D eigenvalue weighted by atomic mass is 32.1. The van der Waals surface area contributed by atoms with Crippen LogP contribution in [0.2, 0.25) is 0 Å². The summed E-state index contributed by atoms with van der Waals surface area (Å²) in [4.78, 5) is 33.9. The molecule has 2 aromatic heterocycles. The lowest BCUT2D eigenvalue weighted by Crippen LogP contribution is -2.48. The Morgan fingerprint density at radius 2 is 2.05 bits per heavy atom. The lowest BCUT2D eigenvalue weighted by molar-refractivity contribution is -0.141. The number of aliphatic hydroxyl groups excluding tert-OH is 1. The first-order valence-corrected chi connectivity index (χ1v) is 13.4. The molecular weight excluding hydrogens is 504 g/mol. The van der Waals surface area contributed by atoms with Crippen LogP contribution in [0.25, 0.3) is 10.4 Å². The summed E-state index contributed by atoms with van der Waals surface area (Å²) >= 11 is 1.59. The van der Waals surface area contributed by atoms with Crippen LogP contribution >= 0.6 is 11.3 Å². The van der Waals surface area contributed by atoms with Crippen LogP contribution in [0.1, 0.15) is 56.2 Å². The molecule has 3 heterocycles. The van der Waals surface area contributed by atoms with Crippen LogP contribution < -0.4 is 10.1 Å². The molecule has 10 heteroatoms. The minimum atomic E-state index is -0.805. The molecule has 1 aliphatic rings. The fraction of sp³-hybridized carbons (Fsp3) is 0.429. The standard InChI is InChI=1S/C28H32N4O5S/c1-6-11-36-24-13-23(37-31-24)25(16(2)3)28(35)32-14-21(33)12-22(32)27(34)30-17(4)19-7-9-20(10-8-19)26-18(5)29-15-38-26/h1,7-10,13,15-17,21-22,25,33H,11-12,14H2,2-5H3,(H,30,34)/t17-,21+,22-,25?/m0/s1. The molecule has 2 amide bonds. The van der Waals surface area contributed by atoms with E-state index in [4.69, 9.17) is 15.7 Å². The van der Waals surface area contributed by atoms with Gasteiger partial charge in [0.05, 0.1) is 28.2 Å². The van der Waals surface area contributed by atoms with Crippen molar-refractivity contribution in [3.8, 4) is 28.7 Å². The first-order chi connectivity index (χ1) is 18.2. The van der Waals surface area contributed by atoms with Gasteiger partial charge in [0.25, 0.3) is 5.88 Å². The molecule has 1 saturated heterocycles. The van der Waals surface area contributed by atoms with Crippen molar-refractivity contribution < 1.29 is 24.0 Å². The highest BCUT2D eigenvalue weighted by Crippen LogP contribution is 2.33. The second-order valence-electron chi connectivity index (χ2n) is 9.80. The van der Waals surface area contributed by atoms with Crippen molar-refractivity contribution in [2.75, 3.05) is 13.2 Å². The zero-order valence-corrected chi connectivity index (χ0v) is 22.7. The Balaban J connectivity index is 1.47. The third-order valence-corrected chi connectivity index (χ3v) is 7.67. The number of hydrogen-bond acceptors (Lipinski definition) is 8. The van der Waals surface area contributed by atoms with E-state index in [2.05, 4.69) is 21.4 Å². The maximum atomic E-state index is 13.7. The molecule has 0 radical (unpaired) electrons. The van der Waals surface area contributed by atoms with Crippen LogP contribution in [0.15, 0.2) is 40.4 Å². The summed E-state index contributed by atoms with van der Waals surface area (Å²) in [5, 5.41) is 17.3. The van der Waals surface area contributed by atoms with Gasteiger partial charge in [-0.2, -0.15) is 0 Å². The zero-order valence-electron chi connectivity index (χ0n) is 21.9. The van der Waals surface area contributed by atoms with Gasteiger partial charge in [0, 0.05) is 19.0 Å². The molecule has 4 atom stereocenters. The van der Waals surface area contributed by atoms with Crippen molar-refractivity contribution in [3.63, 3.8) is 0 Å². The number of benzene rings is 1. The molecule has 0 spiro atoms. The van der Waals surface area contributed by atoms with Crippen LogP contribution in [0.3, 0.4) is 0 Å². The Morgan fingerprint density at radius 1 is 1.32 bits per heavy atom. The van der Waals surface area contributed by atoms with E-state index < -0.39 is 18.1 Å². The fourth-order valence-electron chi connectivity index (χ4n) is 4.72. The van der Waals surface area contributed by atoms with Gasteiger partial charge < -0.3 is 24.6 Å². The second-order valence-corrected chi connectivity index (χ2v) is 10.7. The Bertz CT molecular complexity index is 1310. The monoisotopic (exact) mass is 536 g/mol. The molecule has 9 nitrogen and oxygen atoms in total. The van der Waals surface area contributed by atoms with Crippen LogP contribution in [-0.4, -0.2) is 57.3 Å². The number of amides is 2. The number of nitrogens with zero attached hydrogens (tertiary/aromatic N) is 3. The lowest BCUT2D eigenvalue weighted by Gasteiger charge is -2.29. The molecular formula is C28H32N4O5S. The predicted molar refractivity (Wildman–Crippen MR) is 143 cm³/mol. The highest BCUT2D eigenvalue weighted by molar-refractivity contribution is 7.13. The van der Waals surface area contributed by atoms with E-state index in [0.29, 0.717) is 5.76 Å². The summed E-state index contributed by atoms with van der Waals surface area (Å²) in [6, 6.07) is 8.43. The van der Waals surface area contributed by atoms with E-state index in [0.717, 1.165) is 21.7 Å². The van der Waals surface area contributed by atoms with Crippen molar-refractivity contribution in [1.82, 2.24) is 20.4 Å². The minimum absolute atomic E-state index is 0.0264. The zero-order chi connectivity index (χ0) is 27.4. The average Bonchev–Trinajstić information content (AvgIpc) is 3.62. The van der Waals surface area contributed by atoms with Crippen LogP contribution in [-0.2, 0) is 9.59 Å². The van der Waals surface area contributed by atoms with Crippen molar-refractivity contribution in [2.45, 2.75) is 58.2 Å². The third kappa shape index (κ3) is 5.90. The molecule has 1 aliphatic heterocycles. The fourth-order valence-corrected chi connectivity index (χ4v) is 5.53. The average molecular weight is 537 g/mol. The summed E-state index contributed by atoms with van der Waals surface area (Å²) in [7, 11) is 0. The minimum Gasteiger partial charge on any atom is -0.462 e. The van der Waals surface area contributed by atoms with Crippen LogP contribution in [0.5, 0.6) is 5.88 Å². The van der Waals surface area contributed by atoms with Gasteiger partial charge in [-0.15, -0.1) is 17.8 Å². The van der Waals surface area contributed by atoms with Gasteiger partial charge in [-0.3, -0.25) is 9.59 Å². The van der Waals surface area contributed by atoms with Crippen molar-refractivity contribution >= 4 is 23.2 Å². The molecule has 1 aromatic carbocycles. The number of aromatic nitrogens is 2. The summed E-state index contributed by atoms with van der Waals surface area (Å²) in [5.41, 5.74) is 4.81. The number of aliphatic hydroxyl groups is 1. The number of rotatable bonds is 9. The molecule has 38 heavy (non-hydrogen) atoms. The number of ether oxygens (including phenoxy) is 1. The molecule has 0 bridgehead atoms. The SMILES string of the molecule is C#CCOc1cc(C(C(=O)N2C[C@H](O)C[C@H]2C(=O)N[C@@H](C)c2ccc(-c3scnc3C)cc2)C(C)C)on1. The van der Waals surface area contributed by atoms with Gasteiger partial charge in [-0.1, -0.05) is 44.0 Å². The van der Waals surface area contributed by atoms with Gasteiger partial charge in [0.15, 0.2) is 12.4 Å². The third-order valence-electron chi connectivity index (χ3n) is 6.69. The Hall–Kier alpha value is -3.68. The summed E-state index contributed by atoms with van der Waals surface area (Å²) in [5.74, 6) is 1.38. The van der Waals surface area contributed by atoms with E-state index >= 15 is 0 Å². The smallest absolute Gasteiger partial charge is 0.255 e. The first-order valence-electron chi connectivity index (χ1n) is 12.5. The Kier molecular flexibility index (Phi) is 8.49. The Morgan fingerprint density at radius 3 is 2.68 bits per heavy atom. The number of carbonyl (C=O) groups excluding carboxylic acids is 2. The number of thiazole rings is 1. The predicted octanol–water partition coefficient (Wildman–Crippen LogP) is 3.70. The van der Waals surface area contributed by atoms with E-state index in [-0.39, 0.29) is 49.2 Å². The normalized spacial score (nSPS) is 18.7. The second kappa shape index (κ2) is 11.8. The van der Waals surface area contributed by atoms with Crippen molar-refractivity contribution in [3.05, 3.63) is 52.9 Å². The van der Waals surface area contributed by atoms with Gasteiger partial charge in [-0.05, 0) is 36.0 Å². The number of β-amino-alcohol motifs (C(OH)–C–C–N with tert-alkyl or cyclic N) is 1. The van der Waals surface area contributed by atoms with Crippen molar-refractivity contribution in [1.29, 1.82) is 0 Å². The lowest BCUT2D eigenvalue weighted by atomic mass is 9.91. The maximum Gasteiger partial charge on any atom is 0.255 e. The van der Waals surface area contributed by atoms with Gasteiger partial charge >= 0.3 is 0 Å². The number of likely N-dealkylation sites (tertiary alicyclic amines) is 1. The number of nitrogens with one attached hydrogen (secondary N) is 1. The number of aryl methyl sites for hydroxylation is 1. The summed E-state index contributed by atoms with van der Waals surface area (Å²) < 4.78 is 10.7. The molecule has 0 saturated carbocycles. The van der Waals surface area contributed by atoms with E-state index in [1.165, 1.54) is 4.90 Å². The number of hydrogen-bond donors (Lipinski definition) is 2. The first kappa shape index (κ1) is 27.4. The largest absolute Gasteiger partial charge is 0.462 e. The summed E-state index contributed by atoms with van der Waals surface area (Å²) in [6.45, 7) is 7.72. The van der Waals surface area contributed by atoms with Gasteiger partial charge in [0.2, 0.25) is 11.8 Å². The number of terminal acetylenes is 1. The van der Waals surface area contributed by atoms with Gasteiger partial charge in [-0.25, -0.2) is 4.98 Å². The molecule has 3 aromatic rings. The van der Waals surface area contributed by atoms with E-state index in [9.17, 15) is 14.7 Å². The molecule has 2 N–H and O–H groups in total.